The minimum Gasteiger partial charge on any atom is -0.480 e. The fraction of sp³-hybridized carbons (Fsp3) is 0.364. The standard InChI is InChI=1S/C11H13FN4O2/c1-7-2-3-8(12)6-9(7)10(11(17)18)14-4-5-15-16-13/h2-3,6,10,14H,4-5H2,1H3,(H,17,18). The lowest BCUT2D eigenvalue weighted by Crippen LogP contribution is -2.31. The highest BCUT2D eigenvalue weighted by Crippen LogP contribution is 2.19. The lowest BCUT2D eigenvalue weighted by atomic mass is 10.0. The van der Waals surface area contributed by atoms with Gasteiger partial charge in [-0.25, -0.2) is 4.39 Å². The van der Waals surface area contributed by atoms with Crippen molar-refractivity contribution in [3.63, 3.8) is 0 Å². The number of halogens is 1. The van der Waals surface area contributed by atoms with Crippen molar-refractivity contribution in [1.82, 2.24) is 5.32 Å². The molecule has 0 heterocycles. The number of hydrogen-bond donors (Lipinski definition) is 2. The van der Waals surface area contributed by atoms with Gasteiger partial charge in [-0.15, -0.1) is 0 Å². The number of nitrogens with zero attached hydrogens (tertiary/aromatic N) is 3. The lowest BCUT2D eigenvalue weighted by Gasteiger charge is -2.16. The average molecular weight is 252 g/mol. The summed E-state index contributed by atoms with van der Waals surface area (Å²) in [5.41, 5.74) is 9.15. The molecular weight excluding hydrogens is 239 g/mol. The van der Waals surface area contributed by atoms with Crippen LogP contribution in [0.3, 0.4) is 0 Å². The van der Waals surface area contributed by atoms with Gasteiger partial charge in [0.1, 0.15) is 11.9 Å². The van der Waals surface area contributed by atoms with Crippen LogP contribution in [-0.2, 0) is 4.79 Å². The van der Waals surface area contributed by atoms with Crippen LogP contribution in [0, 0.1) is 12.7 Å². The first-order valence-corrected chi connectivity index (χ1v) is 5.29. The first kappa shape index (κ1) is 14.0. The highest BCUT2D eigenvalue weighted by Gasteiger charge is 2.21. The smallest absolute Gasteiger partial charge is 0.325 e. The summed E-state index contributed by atoms with van der Waals surface area (Å²) in [5.74, 6) is -1.59. The molecule has 0 aliphatic heterocycles. The van der Waals surface area contributed by atoms with E-state index in [0.29, 0.717) is 11.1 Å². The number of rotatable bonds is 6. The summed E-state index contributed by atoms with van der Waals surface area (Å²) >= 11 is 0. The number of hydrogen-bond acceptors (Lipinski definition) is 3. The Balaban J connectivity index is 2.87. The molecule has 0 saturated carbocycles. The van der Waals surface area contributed by atoms with Gasteiger partial charge in [-0.1, -0.05) is 11.2 Å². The Morgan fingerprint density at radius 1 is 1.67 bits per heavy atom. The molecule has 0 saturated heterocycles. The molecule has 1 atom stereocenters. The molecule has 0 fully saturated rings. The van der Waals surface area contributed by atoms with E-state index in [0.717, 1.165) is 0 Å². The van der Waals surface area contributed by atoms with Gasteiger partial charge in [-0.05, 0) is 35.7 Å². The van der Waals surface area contributed by atoms with Crippen molar-refractivity contribution in [2.24, 2.45) is 5.11 Å². The predicted molar refractivity (Wildman–Crippen MR) is 63.5 cm³/mol. The van der Waals surface area contributed by atoms with Crippen molar-refractivity contribution in [2.75, 3.05) is 13.1 Å². The minimum absolute atomic E-state index is 0.134. The zero-order valence-corrected chi connectivity index (χ0v) is 9.80. The van der Waals surface area contributed by atoms with E-state index in [9.17, 15) is 9.18 Å². The molecule has 0 aromatic heterocycles. The molecule has 0 bridgehead atoms. The molecule has 0 aliphatic rings. The fourth-order valence-corrected chi connectivity index (χ4v) is 1.56. The van der Waals surface area contributed by atoms with Crippen LogP contribution in [0.1, 0.15) is 17.2 Å². The third kappa shape index (κ3) is 3.73. The number of azide groups is 1. The number of aryl methyl sites for hydroxylation is 1. The third-order valence-electron chi connectivity index (χ3n) is 2.42. The van der Waals surface area contributed by atoms with Gasteiger partial charge in [0.2, 0.25) is 0 Å². The first-order valence-electron chi connectivity index (χ1n) is 5.29. The summed E-state index contributed by atoms with van der Waals surface area (Å²) < 4.78 is 13.1. The molecule has 0 amide bonds. The summed E-state index contributed by atoms with van der Waals surface area (Å²) in [7, 11) is 0. The number of carboxylic acids is 1. The van der Waals surface area contributed by atoms with Gasteiger partial charge in [0.05, 0.1) is 0 Å². The van der Waals surface area contributed by atoms with E-state index in [4.69, 9.17) is 10.6 Å². The van der Waals surface area contributed by atoms with Crippen LogP contribution in [0.25, 0.3) is 10.4 Å². The average Bonchev–Trinajstić information content (AvgIpc) is 2.32. The van der Waals surface area contributed by atoms with Gasteiger partial charge < -0.3 is 10.4 Å². The summed E-state index contributed by atoms with van der Waals surface area (Å²) in [6.45, 7) is 2.05. The van der Waals surface area contributed by atoms with E-state index >= 15 is 0 Å². The molecule has 1 unspecified atom stereocenters. The first-order chi connectivity index (χ1) is 8.56. The van der Waals surface area contributed by atoms with Crippen LogP contribution in [0.15, 0.2) is 23.3 Å². The van der Waals surface area contributed by atoms with Crippen molar-refractivity contribution in [3.05, 3.63) is 45.6 Å². The minimum atomic E-state index is -1.11. The van der Waals surface area contributed by atoms with E-state index in [-0.39, 0.29) is 13.1 Å². The van der Waals surface area contributed by atoms with Crippen LogP contribution >= 0.6 is 0 Å². The second kappa shape index (κ2) is 6.58. The summed E-state index contributed by atoms with van der Waals surface area (Å²) in [4.78, 5) is 13.7. The van der Waals surface area contributed by atoms with Crippen molar-refractivity contribution < 1.29 is 14.3 Å². The summed E-state index contributed by atoms with van der Waals surface area (Å²) in [6, 6.07) is 2.97. The number of nitrogens with one attached hydrogen (secondary N) is 1. The molecule has 0 spiro atoms. The maximum atomic E-state index is 13.1. The van der Waals surface area contributed by atoms with E-state index in [1.54, 1.807) is 6.92 Å². The van der Waals surface area contributed by atoms with E-state index in [2.05, 4.69) is 15.3 Å². The van der Waals surface area contributed by atoms with Gasteiger partial charge in [0.25, 0.3) is 0 Å². The van der Waals surface area contributed by atoms with Crippen molar-refractivity contribution in [1.29, 1.82) is 0 Å². The molecule has 2 N–H and O–H groups in total. The monoisotopic (exact) mass is 252 g/mol. The van der Waals surface area contributed by atoms with E-state index in [1.165, 1.54) is 18.2 Å². The molecule has 18 heavy (non-hydrogen) atoms. The molecule has 0 radical (unpaired) electrons. The molecule has 1 aromatic rings. The SMILES string of the molecule is Cc1ccc(F)cc1C(NCCN=[N+]=[N-])C(=O)O. The predicted octanol–water partition coefficient (Wildman–Crippen LogP) is 2.16. The molecule has 1 aromatic carbocycles. The van der Waals surface area contributed by atoms with Crippen molar-refractivity contribution in [2.45, 2.75) is 13.0 Å². The normalized spacial score (nSPS) is 11.7. The van der Waals surface area contributed by atoms with Crippen LogP contribution in [0.5, 0.6) is 0 Å². The van der Waals surface area contributed by atoms with Crippen LogP contribution in [0.4, 0.5) is 4.39 Å². The number of carboxylic acid groups (broad SMARTS) is 1. The second-order valence-corrected chi connectivity index (χ2v) is 3.68. The van der Waals surface area contributed by atoms with Crippen molar-refractivity contribution >= 4 is 5.97 Å². The van der Waals surface area contributed by atoms with Crippen LogP contribution in [0.2, 0.25) is 0 Å². The molecular formula is C11H13FN4O2. The van der Waals surface area contributed by atoms with Gasteiger partial charge in [-0.3, -0.25) is 4.79 Å². The maximum absolute atomic E-state index is 13.1. The summed E-state index contributed by atoms with van der Waals surface area (Å²) in [5, 5.41) is 15.1. The highest BCUT2D eigenvalue weighted by molar-refractivity contribution is 5.76. The Hall–Kier alpha value is -2.11. The van der Waals surface area contributed by atoms with Gasteiger partial charge in [0, 0.05) is 18.0 Å². The largest absolute Gasteiger partial charge is 0.480 e. The number of carbonyl (C=O) groups is 1. The van der Waals surface area contributed by atoms with Crippen LogP contribution < -0.4 is 5.32 Å². The van der Waals surface area contributed by atoms with E-state index < -0.39 is 17.8 Å². The van der Waals surface area contributed by atoms with Crippen LogP contribution in [-0.4, -0.2) is 24.2 Å². The Morgan fingerprint density at radius 2 is 2.39 bits per heavy atom. The van der Waals surface area contributed by atoms with E-state index in [1.807, 2.05) is 0 Å². The fourth-order valence-electron chi connectivity index (χ4n) is 1.56. The Labute approximate surface area is 103 Å². The third-order valence-corrected chi connectivity index (χ3v) is 2.42. The topological polar surface area (TPSA) is 98.1 Å². The van der Waals surface area contributed by atoms with Gasteiger partial charge >= 0.3 is 5.97 Å². The number of aliphatic carboxylic acids is 1. The molecule has 96 valence electrons. The molecule has 7 heteroatoms. The maximum Gasteiger partial charge on any atom is 0.325 e. The van der Waals surface area contributed by atoms with Crippen molar-refractivity contribution in [3.8, 4) is 0 Å². The zero-order valence-electron chi connectivity index (χ0n) is 9.80. The molecule has 1 rings (SSSR count). The molecule has 6 nitrogen and oxygen atoms in total. The highest BCUT2D eigenvalue weighted by atomic mass is 19.1. The Kier molecular flexibility index (Phi) is 5.10. The zero-order chi connectivity index (χ0) is 13.5. The van der Waals surface area contributed by atoms with Gasteiger partial charge in [-0.2, -0.15) is 0 Å². The van der Waals surface area contributed by atoms with Gasteiger partial charge in [0.15, 0.2) is 0 Å². The Morgan fingerprint density at radius 3 is 3.00 bits per heavy atom. The lowest BCUT2D eigenvalue weighted by molar-refractivity contribution is -0.139. The Bertz CT molecular complexity index is 486. The summed E-state index contributed by atoms with van der Waals surface area (Å²) in [6.07, 6.45) is 0. The quantitative estimate of drug-likeness (QED) is 0.351. The molecule has 0 aliphatic carbocycles. The number of benzene rings is 1. The second-order valence-electron chi connectivity index (χ2n) is 3.68.